The summed E-state index contributed by atoms with van der Waals surface area (Å²) in [6.07, 6.45) is 2.41. The monoisotopic (exact) mass is 270 g/mol. The van der Waals surface area contributed by atoms with Crippen LogP contribution in [0.5, 0.6) is 11.5 Å². The predicted molar refractivity (Wildman–Crippen MR) is 83.3 cm³/mol. The van der Waals surface area contributed by atoms with Gasteiger partial charge in [-0.15, -0.1) is 0 Å². The first-order valence-electron chi connectivity index (χ1n) is 7.28. The number of aromatic hydroxyl groups is 2. The first-order chi connectivity index (χ1) is 9.63. The molecule has 0 unspecified atom stereocenters. The molecule has 0 amide bonds. The van der Waals surface area contributed by atoms with Crippen molar-refractivity contribution in [1.29, 1.82) is 0 Å². The number of phenols is 2. The van der Waals surface area contributed by atoms with Crippen LogP contribution < -0.4 is 0 Å². The van der Waals surface area contributed by atoms with Gasteiger partial charge in [0.15, 0.2) is 0 Å². The van der Waals surface area contributed by atoms with Crippen molar-refractivity contribution in [1.82, 2.24) is 0 Å². The van der Waals surface area contributed by atoms with Crippen molar-refractivity contribution in [3.63, 3.8) is 0 Å². The lowest BCUT2D eigenvalue weighted by Crippen LogP contribution is -1.99. The van der Waals surface area contributed by atoms with Crippen LogP contribution in [0.2, 0.25) is 0 Å². The van der Waals surface area contributed by atoms with Gasteiger partial charge in [0.25, 0.3) is 0 Å². The maximum absolute atomic E-state index is 10.4. The third-order valence-corrected chi connectivity index (χ3v) is 3.88. The Bertz CT molecular complexity index is 615. The van der Waals surface area contributed by atoms with E-state index in [0.29, 0.717) is 5.75 Å². The van der Waals surface area contributed by atoms with E-state index >= 15 is 0 Å². The summed E-state index contributed by atoms with van der Waals surface area (Å²) in [4.78, 5) is 0. The fourth-order valence-electron chi connectivity index (χ4n) is 2.82. The number of hydrogen-bond donors (Lipinski definition) is 2. The molecule has 0 spiro atoms. The van der Waals surface area contributed by atoms with Gasteiger partial charge in [-0.2, -0.15) is 0 Å². The van der Waals surface area contributed by atoms with E-state index in [-0.39, 0.29) is 5.75 Å². The zero-order valence-electron chi connectivity index (χ0n) is 12.4. The lowest BCUT2D eigenvalue weighted by molar-refractivity contribution is 0.461. The van der Waals surface area contributed by atoms with Crippen molar-refractivity contribution >= 4 is 0 Å². The largest absolute Gasteiger partial charge is 0.507 e. The molecule has 0 fully saturated rings. The summed E-state index contributed by atoms with van der Waals surface area (Å²) in [5.74, 6) is 0.711. The summed E-state index contributed by atoms with van der Waals surface area (Å²) in [7, 11) is 0. The summed E-state index contributed by atoms with van der Waals surface area (Å²) in [5.41, 5.74) is 4.96. The molecule has 2 aromatic carbocycles. The molecule has 0 saturated carbocycles. The molecule has 0 aliphatic carbocycles. The first-order valence-corrected chi connectivity index (χ1v) is 7.28. The summed E-state index contributed by atoms with van der Waals surface area (Å²) in [6.45, 7) is 6.18. The molecule has 2 nitrogen and oxygen atoms in total. The Morgan fingerprint density at radius 2 is 1.45 bits per heavy atom. The number of phenolic OH excluding ortho intramolecular Hbond substituents is 2. The molecule has 0 bridgehead atoms. The Hall–Kier alpha value is -1.96. The molecule has 106 valence electrons. The van der Waals surface area contributed by atoms with Crippen LogP contribution in [0.15, 0.2) is 30.3 Å². The average Bonchev–Trinajstić information content (AvgIpc) is 2.47. The van der Waals surface area contributed by atoms with Gasteiger partial charge < -0.3 is 10.2 Å². The Balaban J connectivity index is 2.78. The lowest BCUT2D eigenvalue weighted by atomic mass is 9.88. The van der Waals surface area contributed by atoms with E-state index in [4.69, 9.17) is 0 Å². The van der Waals surface area contributed by atoms with Gasteiger partial charge in [-0.05, 0) is 53.6 Å². The molecule has 0 heterocycles. The Labute approximate surface area is 120 Å². The second-order valence-corrected chi connectivity index (χ2v) is 4.97. The molecule has 0 radical (unpaired) electrons. The van der Waals surface area contributed by atoms with Gasteiger partial charge in [-0.3, -0.25) is 0 Å². The molecule has 2 rings (SSSR count). The maximum atomic E-state index is 10.4. The fraction of sp³-hybridized carbons (Fsp3) is 0.333. The molecule has 2 heteroatoms. The second-order valence-electron chi connectivity index (χ2n) is 4.97. The maximum Gasteiger partial charge on any atom is 0.123 e. The molecule has 2 N–H and O–H groups in total. The zero-order chi connectivity index (χ0) is 14.7. The minimum Gasteiger partial charge on any atom is -0.507 e. The highest BCUT2D eigenvalue weighted by molar-refractivity contribution is 5.76. The van der Waals surface area contributed by atoms with Gasteiger partial charge >= 0.3 is 0 Å². The van der Waals surface area contributed by atoms with E-state index in [9.17, 15) is 10.2 Å². The van der Waals surface area contributed by atoms with E-state index in [1.54, 1.807) is 6.07 Å². The number of hydrogen-bond acceptors (Lipinski definition) is 2. The molecule has 2 aromatic rings. The Kier molecular flexibility index (Phi) is 4.33. The Morgan fingerprint density at radius 3 is 2.00 bits per heavy atom. The van der Waals surface area contributed by atoms with Gasteiger partial charge in [-0.25, -0.2) is 0 Å². The fourth-order valence-corrected chi connectivity index (χ4v) is 2.82. The summed E-state index contributed by atoms with van der Waals surface area (Å²) in [6, 6.07) is 9.41. The molecule has 20 heavy (non-hydrogen) atoms. The molecule has 0 aromatic heterocycles. The number of aryl methyl sites for hydroxylation is 1. The second kappa shape index (κ2) is 6.00. The van der Waals surface area contributed by atoms with Crippen molar-refractivity contribution < 1.29 is 10.2 Å². The van der Waals surface area contributed by atoms with Crippen LogP contribution in [-0.2, 0) is 19.3 Å². The highest BCUT2D eigenvalue weighted by Gasteiger charge is 2.17. The van der Waals surface area contributed by atoms with E-state index in [1.165, 1.54) is 0 Å². The molecule has 0 atom stereocenters. The quantitative estimate of drug-likeness (QED) is 0.861. The van der Waals surface area contributed by atoms with E-state index < -0.39 is 0 Å². The van der Waals surface area contributed by atoms with Crippen LogP contribution >= 0.6 is 0 Å². The lowest BCUT2D eigenvalue weighted by Gasteiger charge is -2.18. The molecule has 0 aliphatic rings. The van der Waals surface area contributed by atoms with Crippen molar-refractivity contribution in [3.8, 4) is 22.6 Å². The zero-order valence-corrected chi connectivity index (χ0v) is 12.4. The van der Waals surface area contributed by atoms with Crippen LogP contribution in [0.3, 0.4) is 0 Å². The van der Waals surface area contributed by atoms with Crippen LogP contribution in [0.1, 0.15) is 37.5 Å². The number of rotatable bonds is 4. The topological polar surface area (TPSA) is 40.5 Å². The van der Waals surface area contributed by atoms with E-state index in [2.05, 4.69) is 13.8 Å². The standard InChI is InChI=1S/C18H22O2/c1-4-12-11-16(15-9-7-8-10-17(15)19)13(5-2)14(6-3)18(12)20/h7-11,19-20H,4-6H2,1-3H3. The smallest absolute Gasteiger partial charge is 0.123 e. The molecular weight excluding hydrogens is 248 g/mol. The van der Waals surface area contributed by atoms with Crippen molar-refractivity contribution in [2.75, 3.05) is 0 Å². The van der Waals surface area contributed by atoms with Crippen LogP contribution in [-0.4, -0.2) is 10.2 Å². The van der Waals surface area contributed by atoms with E-state index in [0.717, 1.165) is 47.1 Å². The van der Waals surface area contributed by atoms with Crippen molar-refractivity contribution in [2.45, 2.75) is 40.0 Å². The third-order valence-electron chi connectivity index (χ3n) is 3.88. The van der Waals surface area contributed by atoms with Crippen molar-refractivity contribution in [2.24, 2.45) is 0 Å². The van der Waals surface area contributed by atoms with Crippen LogP contribution in [0, 0.1) is 0 Å². The van der Waals surface area contributed by atoms with Gasteiger partial charge in [0.05, 0.1) is 0 Å². The number of benzene rings is 2. The van der Waals surface area contributed by atoms with Crippen LogP contribution in [0.4, 0.5) is 0 Å². The van der Waals surface area contributed by atoms with E-state index in [1.807, 2.05) is 31.2 Å². The third kappa shape index (κ3) is 2.38. The van der Waals surface area contributed by atoms with Crippen LogP contribution in [0.25, 0.3) is 11.1 Å². The van der Waals surface area contributed by atoms with Gasteiger partial charge in [0, 0.05) is 5.56 Å². The Morgan fingerprint density at radius 1 is 0.800 bits per heavy atom. The van der Waals surface area contributed by atoms with Gasteiger partial charge in [0.1, 0.15) is 11.5 Å². The average molecular weight is 270 g/mol. The summed E-state index contributed by atoms with van der Waals surface area (Å²) < 4.78 is 0. The first kappa shape index (κ1) is 14.4. The number of para-hydroxylation sites is 1. The predicted octanol–water partition coefficient (Wildman–Crippen LogP) is 4.45. The highest BCUT2D eigenvalue weighted by atomic mass is 16.3. The minimum absolute atomic E-state index is 0.289. The highest BCUT2D eigenvalue weighted by Crippen LogP contribution is 2.39. The SMILES string of the molecule is CCc1cc(-c2ccccc2O)c(CC)c(CC)c1O. The normalized spacial score (nSPS) is 10.8. The molecular formula is C18H22O2. The summed E-state index contributed by atoms with van der Waals surface area (Å²) in [5, 5.41) is 20.5. The van der Waals surface area contributed by atoms with Gasteiger partial charge in [-0.1, -0.05) is 39.0 Å². The minimum atomic E-state index is 0.289. The van der Waals surface area contributed by atoms with Crippen molar-refractivity contribution in [3.05, 3.63) is 47.0 Å². The molecule has 0 saturated heterocycles. The molecule has 0 aliphatic heterocycles. The summed E-state index contributed by atoms with van der Waals surface area (Å²) >= 11 is 0. The van der Waals surface area contributed by atoms with Gasteiger partial charge in [0.2, 0.25) is 0 Å².